The molecule has 1 amide bonds. The molecular formula is C14H19NO2. The van der Waals surface area contributed by atoms with E-state index >= 15 is 0 Å². The van der Waals surface area contributed by atoms with Gasteiger partial charge in [-0.2, -0.15) is 0 Å². The Hall–Kier alpha value is -1.51. The normalized spacial score (nSPS) is 14.8. The number of rotatable bonds is 4. The van der Waals surface area contributed by atoms with Crippen molar-refractivity contribution in [3.05, 3.63) is 29.3 Å². The van der Waals surface area contributed by atoms with Crippen molar-refractivity contribution >= 4 is 5.91 Å². The van der Waals surface area contributed by atoms with Crippen LogP contribution in [0.15, 0.2) is 18.2 Å². The van der Waals surface area contributed by atoms with Crippen molar-refractivity contribution in [2.75, 3.05) is 7.05 Å². The predicted molar refractivity (Wildman–Crippen MR) is 67.6 cm³/mol. The van der Waals surface area contributed by atoms with Gasteiger partial charge in [-0.15, -0.1) is 0 Å². The molecule has 1 saturated carbocycles. The second-order valence-electron chi connectivity index (χ2n) is 4.84. The molecule has 3 heteroatoms. The van der Waals surface area contributed by atoms with Crippen LogP contribution in [0.1, 0.15) is 48.5 Å². The van der Waals surface area contributed by atoms with Crippen molar-refractivity contribution in [2.24, 2.45) is 0 Å². The average molecular weight is 233 g/mol. The smallest absolute Gasteiger partial charge is 0.251 e. The van der Waals surface area contributed by atoms with Crippen LogP contribution in [0.2, 0.25) is 0 Å². The van der Waals surface area contributed by atoms with Gasteiger partial charge in [-0.1, -0.05) is 13.8 Å². The zero-order chi connectivity index (χ0) is 12.4. The molecule has 0 heterocycles. The summed E-state index contributed by atoms with van der Waals surface area (Å²) in [4.78, 5) is 11.7. The highest BCUT2D eigenvalue weighted by Gasteiger charge is 2.24. The maximum absolute atomic E-state index is 11.7. The van der Waals surface area contributed by atoms with Crippen LogP contribution in [0.4, 0.5) is 0 Å². The lowest BCUT2D eigenvalue weighted by Crippen LogP contribution is -2.18. The monoisotopic (exact) mass is 233 g/mol. The van der Waals surface area contributed by atoms with Crippen molar-refractivity contribution in [3.63, 3.8) is 0 Å². The molecule has 3 nitrogen and oxygen atoms in total. The summed E-state index contributed by atoms with van der Waals surface area (Å²) in [7, 11) is 1.64. The minimum absolute atomic E-state index is 0.0619. The number of amides is 1. The Morgan fingerprint density at radius 3 is 2.59 bits per heavy atom. The molecule has 1 aromatic carbocycles. The van der Waals surface area contributed by atoms with Crippen LogP contribution in [0.25, 0.3) is 0 Å². The zero-order valence-corrected chi connectivity index (χ0v) is 10.6. The number of carbonyl (C=O) groups excluding carboxylic acids is 1. The minimum Gasteiger partial charge on any atom is -0.490 e. The highest BCUT2D eigenvalue weighted by molar-refractivity contribution is 5.94. The number of hydrogen-bond donors (Lipinski definition) is 1. The van der Waals surface area contributed by atoms with E-state index in [0.29, 0.717) is 17.6 Å². The molecule has 0 radical (unpaired) electrons. The van der Waals surface area contributed by atoms with Crippen molar-refractivity contribution < 1.29 is 9.53 Å². The Morgan fingerprint density at radius 2 is 2.06 bits per heavy atom. The summed E-state index contributed by atoms with van der Waals surface area (Å²) in [6.07, 6.45) is 2.61. The average Bonchev–Trinajstić information content (AvgIpc) is 3.11. The third kappa shape index (κ3) is 2.99. The highest BCUT2D eigenvalue weighted by Crippen LogP contribution is 2.29. The fourth-order valence-corrected chi connectivity index (χ4v) is 1.68. The van der Waals surface area contributed by atoms with Crippen LogP contribution in [0, 0.1) is 0 Å². The highest BCUT2D eigenvalue weighted by atomic mass is 16.5. The fraction of sp³-hybridized carbons (Fsp3) is 0.500. The molecule has 1 aromatic rings. The van der Waals surface area contributed by atoms with Gasteiger partial charge >= 0.3 is 0 Å². The number of nitrogens with one attached hydrogen (secondary N) is 1. The van der Waals surface area contributed by atoms with Crippen molar-refractivity contribution in [2.45, 2.75) is 38.7 Å². The lowest BCUT2D eigenvalue weighted by Gasteiger charge is -2.12. The molecule has 0 spiro atoms. The van der Waals surface area contributed by atoms with Gasteiger partial charge in [0.15, 0.2) is 0 Å². The van der Waals surface area contributed by atoms with E-state index in [4.69, 9.17) is 4.74 Å². The van der Waals surface area contributed by atoms with E-state index in [-0.39, 0.29) is 5.91 Å². The standard InChI is InChI=1S/C14H19NO2/c1-9(2)10-6-11(14(16)15-3)8-13(7-10)17-12-4-5-12/h6-9,12H,4-5H2,1-3H3,(H,15,16). The van der Waals surface area contributed by atoms with Crippen molar-refractivity contribution in [1.82, 2.24) is 5.32 Å². The van der Waals surface area contributed by atoms with Crippen molar-refractivity contribution in [3.8, 4) is 5.75 Å². The topological polar surface area (TPSA) is 38.3 Å². The lowest BCUT2D eigenvalue weighted by molar-refractivity contribution is 0.0962. The van der Waals surface area contributed by atoms with Crippen molar-refractivity contribution in [1.29, 1.82) is 0 Å². The van der Waals surface area contributed by atoms with E-state index in [2.05, 4.69) is 19.2 Å². The van der Waals surface area contributed by atoms with Crippen LogP contribution in [0.5, 0.6) is 5.75 Å². The molecular weight excluding hydrogens is 214 g/mol. The Bertz CT molecular complexity index is 422. The van der Waals surface area contributed by atoms with Crippen LogP contribution in [-0.2, 0) is 0 Å². The van der Waals surface area contributed by atoms with E-state index in [1.54, 1.807) is 7.05 Å². The number of ether oxygens (including phenoxy) is 1. The largest absolute Gasteiger partial charge is 0.490 e. The summed E-state index contributed by atoms with van der Waals surface area (Å²) < 4.78 is 5.77. The molecule has 1 aliphatic rings. The minimum atomic E-state index is -0.0619. The second-order valence-corrected chi connectivity index (χ2v) is 4.84. The first-order valence-corrected chi connectivity index (χ1v) is 6.14. The summed E-state index contributed by atoms with van der Waals surface area (Å²) in [5, 5.41) is 2.65. The van der Waals surface area contributed by atoms with Gasteiger partial charge in [-0.05, 0) is 42.5 Å². The molecule has 0 aromatic heterocycles. The number of benzene rings is 1. The molecule has 17 heavy (non-hydrogen) atoms. The zero-order valence-electron chi connectivity index (χ0n) is 10.6. The first-order chi connectivity index (χ1) is 8.10. The molecule has 2 rings (SSSR count). The maximum Gasteiger partial charge on any atom is 0.251 e. The predicted octanol–water partition coefficient (Wildman–Crippen LogP) is 2.71. The molecule has 92 valence electrons. The van der Waals surface area contributed by atoms with E-state index in [1.165, 1.54) is 0 Å². The Balaban J connectivity index is 2.30. The van der Waals surface area contributed by atoms with E-state index in [9.17, 15) is 4.79 Å². The Kier molecular flexibility index (Phi) is 3.36. The molecule has 0 unspecified atom stereocenters. The number of hydrogen-bond acceptors (Lipinski definition) is 2. The summed E-state index contributed by atoms with van der Waals surface area (Å²) in [6, 6.07) is 5.79. The van der Waals surface area contributed by atoms with Crippen LogP contribution >= 0.6 is 0 Å². The molecule has 0 aliphatic heterocycles. The molecule has 0 atom stereocenters. The van der Waals surface area contributed by atoms with E-state index in [1.807, 2.05) is 18.2 Å². The molecule has 0 bridgehead atoms. The molecule has 1 fully saturated rings. The van der Waals surface area contributed by atoms with Gasteiger partial charge in [-0.3, -0.25) is 4.79 Å². The van der Waals surface area contributed by atoms with E-state index < -0.39 is 0 Å². The quantitative estimate of drug-likeness (QED) is 0.868. The Morgan fingerprint density at radius 1 is 1.35 bits per heavy atom. The Labute approximate surface area is 102 Å². The van der Waals surface area contributed by atoms with Gasteiger partial charge < -0.3 is 10.1 Å². The fourth-order valence-electron chi connectivity index (χ4n) is 1.68. The summed E-state index contributed by atoms with van der Waals surface area (Å²) in [6.45, 7) is 4.23. The summed E-state index contributed by atoms with van der Waals surface area (Å²) in [5.41, 5.74) is 1.82. The second kappa shape index (κ2) is 4.78. The van der Waals surface area contributed by atoms with Gasteiger partial charge in [-0.25, -0.2) is 0 Å². The molecule has 0 saturated heterocycles. The van der Waals surface area contributed by atoms with Crippen LogP contribution < -0.4 is 10.1 Å². The number of carbonyl (C=O) groups is 1. The first-order valence-electron chi connectivity index (χ1n) is 6.14. The van der Waals surface area contributed by atoms with Gasteiger partial charge in [0.25, 0.3) is 5.91 Å². The lowest BCUT2D eigenvalue weighted by atomic mass is 10.00. The third-order valence-electron chi connectivity index (χ3n) is 2.91. The third-order valence-corrected chi connectivity index (χ3v) is 2.91. The van der Waals surface area contributed by atoms with Crippen LogP contribution in [-0.4, -0.2) is 19.1 Å². The van der Waals surface area contributed by atoms with E-state index in [0.717, 1.165) is 24.2 Å². The van der Waals surface area contributed by atoms with Crippen LogP contribution in [0.3, 0.4) is 0 Å². The van der Waals surface area contributed by atoms with Gasteiger partial charge in [0.2, 0.25) is 0 Å². The summed E-state index contributed by atoms with van der Waals surface area (Å²) >= 11 is 0. The SMILES string of the molecule is CNC(=O)c1cc(OC2CC2)cc(C(C)C)c1. The summed E-state index contributed by atoms with van der Waals surface area (Å²) in [5.74, 6) is 1.15. The molecule has 1 aliphatic carbocycles. The molecule has 1 N–H and O–H groups in total. The van der Waals surface area contributed by atoms with Gasteiger partial charge in [0.05, 0.1) is 6.10 Å². The van der Waals surface area contributed by atoms with Gasteiger partial charge in [0, 0.05) is 12.6 Å². The van der Waals surface area contributed by atoms with Gasteiger partial charge in [0.1, 0.15) is 5.75 Å². The first kappa shape index (κ1) is 12.0. The maximum atomic E-state index is 11.7.